The topological polar surface area (TPSA) is 38.0 Å². The Kier molecular flexibility index (Phi) is 8.94. The largest absolute Gasteiger partial charge is 0.330 e. The van der Waals surface area contributed by atoms with Crippen LogP contribution >= 0.6 is 0 Å². The molecule has 1 unspecified atom stereocenters. The van der Waals surface area contributed by atoms with Crippen LogP contribution < -0.4 is 11.1 Å². The van der Waals surface area contributed by atoms with E-state index in [-0.39, 0.29) is 5.41 Å². The van der Waals surface area contributed by atoms with Gasteiger partial charge in [-0.2, -0.15) is 0 Å². The predicted octanol–water partition coefficient (Wildman–Crippen LogP) is 5.14. The third kappa shape index (κ3) is 12.2. The maximum atomic E-state index is 5.54. The van der Waals surface area contributed by atoms with Crippen LogP contribution in [0, 0.1) is 16.2 Å². The summed E-state index contributed by atoms with van der Waals surface area (Å²) in [5, 5.41) is 3.56. The fraction of sp³-hybridized carbons (Fsp3) is 0.900. The molecule has 2 heteroatoms. The maximum absolute atomic E-state index is 5.54. The Bertz CT molecular complexity index is 321. The molecular weight excluding hydrogens is 268 g/mol. The van der Waals surface area contributed by atoms with E-state index in [9.17, 15) is 0 Å². The van der Waals surface area contributed by atoms with Crippen molar-refractivity contribution in [1.29, 1.82) is 0 Å². The second-order valence-electron chi connectivity index (χ2n) is 9.70. The van der Waals surface area contributed by atoms with Crippen LogP contribution in [0.2, 0.25) is 0 Å². The van der Waals surface area contributed by atoms with Crippen LogP contribution in [-0.4, -0.2) is 19.1 Å². The summed E-state index contributed by atoms with van der Waals surface area (Å²) in [5.74, 6) is 0. The molecule has 132 valence electrons. The van der Waals surface area contributed by atoms with Crippen LogP contribution in [0.3, 0.4) is 0 Å². The van der Waals surface area contributed by atoms with Crippen molar-refractivity contribution in [3.05, 3.63) is 12.2 Å². The van der Waals surface area contributed by atoms with Gasteiger partial charge in [-0.3, -0.25) is 0 Å². The van der Waals surface area contributed by atoms with Crippen LogP contribution in [0.5, 0.6) is 0 Å². The Morgan fingerprint density at radius 2 is 1.64 bits per heavy atom. The van der Waals surface area contributed by atoms with Gasteiger partial charge in [-0.1, -0.05) is 60.6 Å². The monoisotopic (exact) mass is 310 g/mol. The SMILES string of the molecule is CC(CC(C)(C)/C=C\CC(C)(C)CC(C)(C)C)NCCCN. The molecule has 0 fully saturated rings. The summed E-state index contributed by atoms with van der Waals surface area (Å²) in [4.78, 5) is 0. The van der Waals surface area contributed by atoms with Crippen molar-refractivity contribution in [2.75, 3.05) is 13.1 Å². The molecule has 0 amide bonds. The molecular formula is C20H42N2. The van der Waals surface area contributed by atoms with Gasteiger partial charge < -0.3 is 11.1 Å². The molecule has 0 aromatic carbocycles. The van der Waals surface area contributed by atoms with Crippen LogP contribution in [0.15, 0.2) is 12.2 Å². The minimum atomic E-state index is 0.243. The lowest BCUT2D eigenvalue weighted by Gasteiger charge is -2.32. The van der Waals surface area contributed by atoms with E-state index < -0.39 is 0 Å². The Morgan fingerprint density at radius 1 is 1.05 bits per heavy atom. The zero-order valence-corrected chi connectivity index (χ0v) is 16.6. The lowest BCUT2D eigenvalue weighted by atomic mass is 9.74. The second-order valence-corrected chi connectivity index (χ2v) is 9.70. The third-order valence-electron chi connectivity index (χ3n) is 3.95. The molecule has 0 saturated carbocycles. The molecule has 0 rings (SSSR count). The van der Waals surface area contributed by atoms with E-state index in [0.717, 1.165) is 32.4 Å². The molecule has 0 aromatic heterocycles. The summed E-state index contributed by atoms with van der Waals surface area (Å²) in [5.41, 5.74) is 6.55. The van der Waals surface area contributed by atoms with E-state index in [1.165, 1.54) is 6.42 Å². The molecule has 3 N–H and O–H groups in total. The first-order valence-electron chi connectivity index (χ1n) is 8.98. The molecule has 1 atom stereocenters. The number of hydrogen-bond donors (Lipinski definition) is 2. The Balaban J connectivity index is 4.33. The maximum Gasteiger partial charge on any atom is 0.00467 e. The van der Waals surface area contributed by atoms with E-state index in [0.29, 0.717) is 16.9 Å². The summed E-state index contributed by atoms with van der Waals surface area (Å²) in [6, 6.07) is 0.536. The summed E-state index contributed by atoms with van der Waals surface area (Å²) in [6.07, 6.45) is 9.44. The highest BCUT2D eigenvalue weighted by Crippen LogP contribution is 2.36. The van der Waals surface area contributed by atoms with Gasteiger partial charge in [0.2, 0.25) is 0 Å². The average Bonchev–Trinajstić information content (AvgIpc) is 2.24. The highest BCUT2D eigenvalue weighted by molar-refractivity contribution is 4.98. The van der Waals surface area contributed by atoms with Gasteiger partial charge in [0.25, 0.3) is 0 Å². The molecule has 0 radical (unpaired) electrons. The summed E-state index contributed by atoms with van der Waals surface area (Å²) < 4.78 is 0. The summed E-state index contributed by atoms with van der Waals surface area (Å²) >= 11 is 0. The smallest absolute Gasteiger partial charge is 0.00467 e. The van der Waals surface area contributed by atoms with Gasteiger partial charge in [-0.05, 0) is 61.9 Å². The van der Waals surface area contributed by atoms with E-state index in [1.54, 1.807) is 0 Å². The van der Waals surface area contributed by atoms with Crippen molar-refractivity contribution in [3.63, 3.8) is 0 Å². The molecule has 0 aliphatic carbocycles. The van der Waals surface area contributed by atoms with Gasteiger partial charge in [-0.15, -0.1) is 0 Å². The van der Waals surface area contributed by atoms with Gasteiger partial charge >= 0.3 is 0 Å². The molecule has 0 bridgehead atoms. The van der Waals surface area contributed by atoms with Crippen molar-refractivity contribution in [2.45, 2.75) is 87.1 Å². The third-order valence-corrected chi connectivity index (χ3v) is 3.95. The Hall–Kier alpha value is -0.340. The van der Waals surface area contributed by atoms with Crippen LogP contribution in [0.1, 0.15) is 81.1 Å². The minimum Gasteiger partial charge on any atom is -0.330 e. The van der Waals surface area contributed by atoms with Crippen molar-refractivity contribution in [2.24, 2.45) is 22.0 Å². The molecule has 2 nitrogen and oxygen atoms in total. The number of hydrogen-bond acceptors (Lipinski definition) is 2. The van der Waals surface area contributed by atoms with Crippen molar-refractivity contribution >= 4 is 0 Å². The molecule has 22 heavy (non-hydrogen) atoms. The zero-order chi connectivity index (χ0) is 17.4. The lowest BCUT2D eigenvalue weighted by molar-refractivity contribution is 0.214. The van der Waals surface area contributed by atoms with Crippen molar-refractivity contribution < 1.29 is 0 Å². The van der Waals surface area contributed by atoms with Crippen LogP contribution in [0.4, 0.5) is 0 Å². The molecule has 0 aliphatic rings. The highest BCUT2D eigenvalue weighted by Gasteiger charge is 2.25. The minimum absolute atomic E-state index is 0.243. The summed E-state index contributed by atoms with van der Waals surface area (Å²) in [7, 11) is 0. The lowest BCUT2D eigenvalue weighted by Crippen LogP contribution is -2.32. The van der Waals surface area contributed by atoms with Crippen molar-refractivity contribution in [1.82, 2.24) is 5.32 Å². The fourth-order valence-corrected chi connectivity index (χ4v) is 3.58. The molecule has 0 aliphatic heterocycles. The van der Waals surface area contributed by atoms with Gasteiger partial charge in [0.1, 0.15) is 0 Å². The Morgan fingerprint density at radius 3 is 2.14 bits per heavy atom. The van der Waals surface area contributed by atoms with E-state index in [4.69, 9.17) is 5.73 Å². The summed E-state index contributed by atoms with van der Waals surface area (Å²) in [6.45, 7) is 20.5. The quantitative estimate of drug-likeness (QED) is 0.433. The number of rotatable bonds is 10. The van der Waals surface area contributed by atoms with E-state index in [1.807, 2.05) is 0 Å². The predicted molar refractivity (Wildman–Crippen MR) is 101 cm³/mol. The first kappa shape index (κ1) is 21.7. The first-order chi connectivity index (χ1) is 9.87. The fourth-order valence-electron chi connectivity index (χ4n) is 3.58. The van der Waals surface area contributed by atoms with Crippen molar-refractivity contribution in [3.8, 4) is 0 Å². The number of nitrogens with two attached hydrogens (primary N) is 1. The highest BCUT2D eigenvalue weighted by atomic mass is 14.9. The van der Waals surface area contributed by atoms with Gasteiger partial charge in [-0.25, -0.2) is 0 Å². The van der Waals surface area contributed by atoms with Crippen LogP contribution in [-0.2, 0) is 0 Å². The van der Waals surface area contributed by atoms with Gasteiger partial charge in [0.15, 0.2) is 0 Å². The number of allylic oxidation sites excluding steroid dienone is 2. The zero-order valence-electron chi connectivity index (χ0n) is 16.6. The second kappa shape index (κ2) is 9.08. The molecule has 0 saturated heterocycles. The molecule has 0 heterocycles. The molecule has 0 aromatic rings. The van der Waals surface area contributed by atoms with Crippen LogP contribution in [0.25, 0.3) is 0 Å². The standard InChI is InChI=1S/C20H42N2/c1-17(22-14-10-13-21)15-19(5,6)11-9-12-20(7,8)16-18(2,3)4/h9,11,17,22H,10,12-16,21H2,1-8H3/b11-9-. The van der Waals surface area contributed by atoms with E-state index >= 15 is 0 Å². The van der Waals surface area contributed by atoms with Gasteiger partial charge in [0.05, 0.1) is 0 Å². The Labute approximate surface area is 140 Å². The van der Waals surface area contributed by atoms with E-state index in [2.05, 4.69) is 72.9 Å². The van der Waals surface area contributed by atoms with Gasteiger partial charge in [0, 0.05) is 6.04 Å². The normalized spacial score (nSPS) is 15.5. The average molecular weight is 311 g/mol. The number of nitrogens with one attached hydrogen (secondary N) is 1. The molecule has 0 spiro atoms. The first-order valence-corrected chi connectivity index (χ1v) is 8.98.